The van der Waals surface area contributed by atoms with E-state index in [2.05, 4.69) is 0 Å². The quantitative estimate of drug-likeness (QED) is 0.521. The summed E-state index contributed by atoms with van der Waals surface area (Å²) in [6, 6.07) is -0.853. The number of nitrogens with two attached hydrogens (primary N) is 1. The summed E-state index contributed by atoms with van der Waals surface area (Å²) in [6.45, 7) is 3.55. The molecule has 0 aromatic carbocycles. The molecule has 1 aliphatic heterocycles. The van der Waals surface area contributed by atoms with Crippen molar-refractivity contribution >= 4 is 17.9 Å². The molecule has 0 radical (unpaired) electrons. The molecule has 9 nitrogen and oxygen atoms in total. The number of carbonyl (C=O) groups is 3. The third-order valence-electron chi connectivity index (χ3n) is 4.63. The monoisotopic (exact) mass is 387 g/mol. The van der Waals surface area contributed by atoms with E-state index in [0.29, 0.717) is 0 Å². The zero-order valence-corrected chi connectivity index (χ0v) is 16.1. The number of hydrogen-bond acceptors (Lipinski definition) is 9. The van der Waals surface area contributed by atoms with Gasteiger partial charge < -0.3 is 29.4 Å². The number of carbonyl (C=O) groups excluding carboxylic acids is 3. The summed E-state index contributed by atoms with van der Waals surface area (Å²) in [7, 11) is 0. The Balaban J connectivity index is 2.19. The van der Waals surface area contributed by atoms with E-state index in [9.17, 15) is 14.4 Å². The Morgan fingerprint density at radius 1 is 0.926 bits per heavy atom. The van der Waals surface area contributed by atoms with Crippen molar-refractivity contribution in [3.8, 4) is 0 Å². The van der Waals surface area contributed by atoms with E-state index in [1.165, 1.54) is 20.8 Å². The minimum atomic E-state index is -1.01. The van der Waals surface area contributed by atoms with Crippen molar-refractivity contribution in [2.24, 2.45) is 5.73 Å². The van der Waals surface area contributed by atoms with Crippen LogP contribution >= 0.6 is 0 Å². The van der Waals surface area contributed by atoms with E-state index in [1.54, 1.807) is 0 Å². The molecule has 1 saturated heterocycles. The summed E-state index contributed by atoms with van der Waals surface area (Å²) in [5.74, 6) is -1.67. The first-order valence-electron chi connectivity index (χ1n) is 9.32. The fourth-order valence-corrected chi connectivity index (χ4v) is 3.45. The van der Waals surface area contributed by atoms with Crippen LogP contribution in [0.2, 0.25) is 0 Å². The number of hydrogen-bond donors (Lipinski definition) is 1. The van der Waals surface area contributed by atoms with Gasteiger partial charge in [-0.3, -0.25) is 14.4 Å². The molecule has 0 spiro atoms. The van der Waals surface area contributed by atoms with Crippen molar-refractivity contribution in [3.05, 3.63) is 0 Å². The summed E-state index contributed by atoms with van der Waals surface area (Å²) in [4.78, 5) is 34.3. The Morgan fingerprint density at radius 3 is 2.07 bits per heavy atom. The molecular formula is C18H29NO8. The van der Waals surface area contributed by atoms with Gasteiger partial charge in [-0.2, -0.15) is 0 Å². The number of ether oxygens (including phenoxy) is 5. The molecule has 0 aromatic rings. The normalized spacial score (nSPS) is 31.8. The van der Waals surface area contributed by atoms with Crippen LogP contribution in [0.25, 0.3) is 0 Å². The molecule has 1 heterocycles. The van der Waals surface area contributed by atoms with Crippen molar-refractivity contribution in [2.75, 3.05) is 6.61 Å². The van der Waals surface area contributed by atoms with Crippen LogP contribution in [0, 0.1) is 0 Å². The Labute approximate surface area is 158 Å². The lowest BCUT2D eigenvalue weighted by molar-refractivity contribution is -0.285. The van der Waals surface area contributed by atoms with Gasteiger partial charge in [-0.05, 0) is 12.8 Å². The highest BCUT2D eigenvalue weighted by Crippen LogP contribution is 2.30. The molecule has 0 aromatic heterocycles. The molecule has 2 N–H and O–H groups in total. The molecule has 154 valence electrons. The second-order valence-corrected chi connectivity index (χ2v) is 6.97. The lowest BCUT2D eigenvalue weighted by atomic mass is 9.95. The van der Waals surface area contributed by atoms with Gasteiger partial charge in [0.15, 0.2) is 18.5 Å². The first-order valence-corrected chi connectivity index (χ1v) is 9.32. The minimum Gasteiger partial charge on any atom is -0.463 e. The smallest absolute Gasteiger partial charge is 0.303 e. The van der Waals surface area contributed by atoms with Crippen LogP contribution in [-0.4, -0.2) is 61.3 Å². The van der Waals surface area contributed by atoms with Gasteiger partial charge in [0.1, 0.15) is 12.7 Å². The lowest BCUT2D eigenvalue weighted by Crippen LogP contribution is -2.65. The van der Waals surface area contributed by atoms with E-state index in [0.717, 1.165) is 32.1 Å². The second kappa shape index (κ2) is 10.0. The van der Waals surface area contributed by atoms with Crippen LogP contribution in [0.5, 0.6) is 0 Å². The second-order valence-electron chi connectivity index (χ2n) is 6.97. The maximum Gasteiger partial charge on any atom is 0.303 e. The van der Waals surface area contributed by atoms with Gasteiger partial charge >= 0.3 is 17.9 Å². The zero-order chi connectivity index (χ0) is 20.0. The molecule has 1 aliphatic carbocycles. The lowest BCUT2D eigenvalue weighted by Gasteiger charge is -2.44. The van der Waals surface area contributed by atoms with Crippen LogP contribution in [-0.2, 0) is 38.1 Å². The Morgan fingerprint density at radius 2 is 1.52 bits per heavy atom. The minimum absolute atomic E-state index is 0.00701. The largest absolute Gasteiger partial charge is 0.463 e. The van der Waals surface area contributed by atoms with E-state index < -0.39 is 48.6 Å². The van der Waals surface area contributed by atoms with Gasteiger partial charge in [-0.15, -0.1) is 0 Å². The average Bonchev–Trinajstić information content (AvgIpc) is 2.59. The van der Waals surface area contributed by atoms with Crippen LogP contribution in [0.15, 0.2) is 0 Å². The van der Waals surface area contributed by atoms with E-state index in [1.807, 2.05) is 0 Å². The molecule has 27 heavy (non-hydrogen) atoms. The topological polar surface area (TPSA) is 123 Å². The maximum atomic E-state index is 11.6. The number of rotatable bonds is 6. The fraction of sp³-hybridized carbons (Fsp3) is 0.833. The van der Waals surface area contributed by atoms with Crippen molar-refractivity contribution in [1.29, 1.82) is 0 Å². The molecular weight excluding hydrogens is 358 g/mol. The first kappa shape index (κ1) is 21.6. The average molecular weight is 387 g/mol. The first-order chi connectivity index (χ1) is 12.8. The maximum absolute atomic E-state index is 11.6. The van der Waals surface area contributed by atoms with Gasteiger partial charge in [0.05, 0.1) is 12.1 Å². The van der Waals surface area contributed by atoms with Gasteiger partial charge in [0.2, 0.25) is 0 Å². The fourth-order valence-electron chi connectivity index (χ4n) is 3.45. The Bertz CT molecular complexity index is 533. The highest BCUT2D eigenvalue weighted by atomic mass is 16.7. The van der Waals surface area contributed by atoms with E-state index in [-0.39, 0.29) is 12.7 Å². The molecule has 5 atom stereocenters. The Hall–Kier alpha value is -1.71. The third-order valence-corrected chi connectivity index (χ3v) is 4.63. The zero-order valence-electron chi connectivity index (χ0n) is 16.1. The molecule has 0 bridgehead atoms. The summed E-state index contributed by atoms with van der Waals surface area (Å²) in [6.07, 6.45) is 1.35. The van der Waals surface area contributed by atoms with Crippen LogP contribution in [0.3, 0.4) is 0 Å². The number of esters is 3. The highest BCUT2D eigenvalue weighted by Gasteiger charge is 2.49. The van der Waals surface area contributed by atoms with E-state index >= 15 is 0 Å². The van der Waals surface area contributed by atoms with Gasteiger partial charge in [-0.1, -0.05) is 19.3 Å². The standard InChI is InChI=1S/C18H29NO8/c1-10(20)23-9-14-16(24-11(2)21)17(25-12(3)22)15(19)18(27-14)26-13-7-5-4-6-8-13/h13-18H,4-9,19H2,1-3H3/t14?,15?,16-,17?,18+/m0/s1. The van der Waals surface area contributed by atoms with Crippen LogP contribution in [0.4, 0.5) is 0 Å². The third kappa shape index (κ3) is 6.44. The summed E-state index contributed by atoms with van der Waals surface area (Å²) in [5.41, 5.74) is 6.25. The predicted octanol–water partition coefficient (Wildman–Crippen LogP) is 0.814. The van der Waals surface area contributed by atoms with Crippen molar-refractivity contribution in [2.45, 2.75) is 89.6 Å². The van der Waals surface area contributed by atoms with Crippen molar-refractivity contribution < 1.29 is 38.1 Å². The molecule has 0 amide bonds. The van der Waals surface area contributed by atoms with E-state index in [4.69, 9.17) is 29.4 Å². The summed E-state index contributed by atoms with van der Waals surface area (Å²) >= 11 is 0. The molecule has 2 rings (SSSR count). The summed E-state index contributed by atoms with van der Waals surface area (Å²) < 4.78 is 27.6. The van der Waals surface area contributed by atoms with Crippen LogP contribution in [0.1, 0.15) is 52.9 Å². The molecule has 2 aliphatic rings. The summed E-state index contributed by atoms with van der Waals surface area (Å²) in [5, 5.41) is 0. The molecule has 1 saturated carbocycles. The van der Waals surface area contributed by atoms with Crippen molar-refractivity contribution in [3.63, 3.8) is 0 Å². The van der Waals surface area contributed by atoms with Crippen molar-refractivity contribution in [1.82, 2.24) is 0 Å². The Kier molecular flexibility index (Phi) is 8.00. The SMILES string of the molecule is CC(=O)OCC1O[C@@H](OC2CCCCC2)C(N)C(OC(C)=O)[C@H]1OC(C)=O. The molecule has 2 fully saturated rings. The van der Waals surface area contributed by atoms with Gasteiger partial charge in [0, 0.05) is 20.8 Å². The van der Waals surface area contributed by atoms with Gasteiger partial charge in [0.25, 0.3) is 0 Å². The highest BCUT2D eigenvalue weighted by molar-refractivity contribution is 5.67. The van der Waals surface area contributed by atoms with Gasteiger partial charge in [-0.25, -0.2) is 0 Å². The van der Waals surface area contributed by atoms with Crippen LogP contribution < -0.4 is 5.73 Å². The predicted molar refractivity (Wildman–Crippen MR) is 92.3 cm³/mol. The molecule has 9 heteroatoms. The molecule has 3 unspecified atom stereocenters.